The second-order valence-corrected chi connectivity index (χ2v) is 5.79. The zero-order valence-electron chi connectivity index (χ0n) is 10.6. The number of nitrogens with one attached hydrogen (secondary N) is 1. The number of hydrogen-bond acceptors (Lipinski definition) is 4. The normalized spacial score (nSPS) is 22.9. The van der Waals surface area contributed by atoms with Gasteiger partial charge in [-0.3, -0.25) is 9.89 Å². The highest BCUT2D eigenvalue weighted by Gasteiger charge is 2.37. The first-order valence-electron chi connectivity index (χ1n) is 6.45. The summed E-state index contributed by atoms with van der Waals surface area (Å²) >= 11 is 3.40. The van der Waals surface area contributed by atoms with Gasteiger partial charge in [0.2, 0.25) is 0 Å². The van der Waals surface area contributed by atoms with Gasteiger partial charge in [0.1, 0.15) is 0 Å². The number of carbonyl (C=O) groups is 2. The lowest BCUT2D eigenvalue weighted by Crippen LogP contribution is -2.52. The van der Waals surface area contributed by atoms with E-state index in [2.05, 4.69) is 26.1 Å². The summed E-state index contributed by atoms with van der Waals surface area (Å²) in [6.07, 6.45) is 2.17. The number of rotatable bonds is 3. The number of hydrogen-bond donors (Lipinski definition) is 2. The van der Waals surface area contributed by atoms with Gasteiger partial charge in [0.25, 0.3) is 5.91 Å². The molecule has 1 saturated carbocycles. The van der Waals surface area contributed by atoms with Gasteiger partial charge in [-0.05, 0) is 28.8 Å². The van der Waals surface area contributed by atoms with E-state index in [9.17, 15) is 9.59 Å². The summed E-state index contributed by atoms with van der Waals surface area (Å²) in [5, 5.41) is 16.1. The average molecular weight is 344 g/mol. The molecule has 8 heteroatoms. The molecular weight excluding hydrogens is 330 g/mol. The predicted molar refractivity (Wildman–Crippen MR) is 71.5 cm³/mol. The van der Waals surface area contributed by atoms with Crippen molar-refractivity contribution in [3.05, 3.63) is 15.9 Å². The van der Waals surface area contributed by atoms with Crippen molar-refractivity contribution in [2.45, 2.75) is 24.8 Å². The molecule has 7 nitrogen and oxygen atoms in total. The fourth-order valence-corrected chi connectivity index (χ4v) is 2.98. The number of aliphatic carboxylic acids is 1. The van der Waals surface area contributed by atoms with Crippen molar-refractivity contribution in [2.75, 3.05) is 19.8 Å². The van der Waals surface area contributed by atoms with E-state index in [-0.39, 0.29) is 24.8 Å². The Labute approximate surface area is 123 Å². The number of H-pyrrole nitrogens is 1. The molecule has 0 aromatic carbocycles. The highest BCUT2D eigenvalue weighted by molar-refractivity contribution is 9.10. The molecule has 1 amide bonds. The van der Waals surface area contributed by atoms with Crippen LogP contribution in [0.5, 0.6) is 0 Å². The third-order valence-corrected chi connectivity index (χ3v) is 4.40. The van der Waals surface area contributed by atoms with Crippen LogP contribution in [0.2, 0.25) is 0 Å². The van der Waals surface area contributed by atoms with Crippen LogP contribution in [0.4, 0.5) is 0 Å². The van der Waals surface area contributed by atoms with Crippen molar-refractivity contribution in [1.29, 1.82) is 0 Å². The molecule has 1 unspecified atom stereocenters. The molecule has 1 aliphatic carbocycles. The molecule has 2 aliphatic rings. The van der Waals surface area contributed by atoms with Gasteiger partial charge < -0.3 is 14.7 Å². The van der Waals surface area contributed by atoms with Gasteiger partial charge in [-0.2, -0.15) is 5.10 Å². The lowest BCUT2D eigenvalue weighted by Gasteiger charge is -2.32. The fraction of sp³-hybridized carbons (Fsp3) is 0.583. The smallest absolute Gasteiger partial charge is 0.328 e. The van der Waals surface area contributed by atoms with Gasteiger partial charge in [-0.25, -0.2) is 4.79 Å². The molecule has 0 radical (unpaired) electrons. The van der Waals surface area contributed by atoms with Crippen LogP contribution in [0.15, 0.2) is 4.47 Å². The highest BCUT2D eigenvalue weighted by atomic mass is 79.9. The number of aromatic nitrogens is 2. The van der Waals surface area contributed by atoms with E-state index in [1.807, 2.05) is 0 Å². The molecule has 0 bridgehead atoms. The maximum atomic E-state index is 12.5. The van der Waals surface area contributed by atoms with Gasteiger partial charge in [-0.1, -0.05) is 0 Å². The molecule has 20 heavy (non-hydrogen) atoms. The van der Waals surface area contributed by atoms with E-state index in [1.165, 1.54) is 4.90 Å². The molecule has 3 rings (SSSR count). The molecule has 108 valence electrons. The van der Waals surface area contributed by atoms with Crippen molar-refractivity contribution in [2.24, 2.45) is 0 Å². The summed E-state index contributed by atoms with van der Waals surface area (Å²) in [6.45, 7) is 0.611. The van der Waals surface area contributed by atoms with Crippen LogP contribution in [0.3, 0.4) is 0 Å². The van der Waals surface area contributed by atoms with E-state index < -0.39 is 12.0 Å². The number of aromatic amines is 1. The maximum absolute atomic E-state index is 12.5. The minimum Gasteiger partial charge on any atom is -0.480 e. The number of morpholine rings is 1. The molecule has 1 aromatic rings. The fourth-order valence-electron chi connectivity index (χ4n) is 2.31. The summed E-state index contributed by atoms with van der Waals surface area (Å²) in [4.78, 5) is 25.0. The van der Waals surface area contributed by atoms with Crippen molar-refractivity contribution in [3.63, 3.8) is 0 Å². The molecule has 1 saturated heterocycles. The molecule has 1 aliphatic heterocycles. The number of carboxylic acid groups (broad SMARTS) is 1. The number of amides is 1. The van der Waals surface area contributed by atoms with Crippen LogP contribution in [0.1, 0.15) is 34.9 Å². The van der Waals surface area contributed by atoms with Crippen LogP contribution in [-0.2, 0) is 9.53 Å². The van der Waals surface area contributed by atoms with Crippen molar-refractivity contribution in [1.82, 2.24) is 15.1 Å². The Kier molecular flexibility index (Phi) is 3.51. The van der Waals surface area contributed by atoms with E-state index in [0.29, 0.717) is 17.0 Å². The molecule has 2 fully saturated rings. The molecule has 2 heterocycles. The van der Waals surface area contributed by atoms with E-state index in [1.54, 1.807) is 0 Å². The molecular formula is C12H14BrN3O4. The van der Waals surface area contributed by atoms with Crippen LogP contribution < -0.4 is 0 Å². The predicted octanol–water partition coefficient (Wildman–Crippen LogP) is 0.975. The lowest BCUT2D eigenvalue weighted by atomic mass is 10.2. The van der Waals surface area contributed by atoms with E-state index >= 15 is 0 Å². The van der Waals surface area contributed by atoms with Crippen LogP contribution in [-0.4, -0.2) is 57.9 Å². The minimum absolute atomic E-state index is 0.0125. The number of carbonyl (C=O) groups excluding carboxylic acids is 1. The molecule has 2 N–H and O–H groups in total. The highest BCUT2D eigenvalue weighted by Crippen LogP contribution is 2.43. The Morgan fingerprint density at radius 1 is 1.45 bits per heavy atom. The SMILES string of the molecule is O=C(O)C1COCCN1C(=O)c1n[nH]c(C2CC2)c1Br. The summed E-state index contributed by atoms with van der Waals surface area (Å²) in [5.41, 5.74) is 1.17. The molecule has 1 aromatic heterocycles. The second-order valence-electron chi connectivity index (χ2n) is 5.00. The summed E-state index contributed by atoms with van der Waals surface area (Å²) in [6, 6.07) is -0.954. The standard InChI is InChI=1S/C12H14BrN3O4/c13-8-9(6-1-2-6)14-15-10(8)11(17)16-3-4-20-5-7(16)12(18)19/h6-7H,1-5H2,(H,14,15)(H,18,19). The summed E-state index contributed by atoms with van der Waals surface area (Å²) in [5.74, 6) is -1.01. The Bertz CT molecular complexity index is 555. The largest absolute Gasteiger partial charge is 0.480 e. The quantitative estimate of drug-likeness (QED) is 0.852. The van der Waals surface area contributed by atoms with Crippen LogP contribution >= 0.6 is 15.9 Å². The monoisotopic (exact) mass is 343 g/mol. The maximum Gasteiger partial charge on any atom is 0.328 e. The van der Waals surface area contributed by atoms with Gasteiger partial charge in [0.15, 0.2) is 11.7 Å². The second kappa shape index (κ2) is 5.17. The molecule has 1 atom stereocenters. The van der Waals surface area contributed by atoms with Crippen molar-refractivity contribution < 1.29 is 19.4 Å². The Balaban J connectivity index is 1.85. The van der Waals surface area contributed by atoms with Gasteiger partial charge in [0.05, 0.1) is 23.4 Å². The van der Waals surface area contributed by atoms with E-state index in [0.717, 1.165) is 18.5 Å². The minimum atomic E-state index is -1.06. The third-order valence-electron chi connectivity index (χ3n) is 3.60. The third kappa shape index (κ3) is 2.33. The summed E-state index contributed by atoms with van der Waals surface area (Å²) in [7, 11) is 0. The number of halogens is 1. The van der Waals surface area contributed by atoms with Crippen molar-refractivity contribution in [3.8, 4) is 0 Å². The first-order valence-corrected chi connectivity index (χ1v) is 7.24. The Hall–Kier alpha value is -1.41. The van der Waals surface area contributed by atoms with Gasteiger partial charge in [0, 0.05) is 12.5 Å². The first-order chi connectivity index (χ1) is 9.59. The Morgan fingerprint density at radius 3 is 2.85 bits per heavy atom. The van der Waals surface area contributed by atoms with Gasteiger partial charge >= 0.3 is 5.97 Å². The first kappa shape index (κ1) is 13.6. The zero-order valence-corrected chi connectivity index (χ0v) is 12.2. The van der Waals surface area contributed by atoms with Crippen LogP contribution in [0, 0.1) is 0 Å². The Morgan fingerprint density at radius 2 is 2.20 bits per heavy atom. The zero-order chi connectivity index (χ0) is 14.3. The number of ether oxygens (including phenoxy) is 1. The topological polar surface area (TPSA) is 95.5 Å². The van der Waals surface area contributed by atoms with Crippen LogP contribution in [0.25, 0.3) is 0 Å². The molecule has 0 spiro atoms. The average Bonchev–Trinajstić information content (AvgIpc) is 3.21. The number of nitrogens with zero attached hydrogens (tertiary/aromatic N) is 2. The summed E-state index contributed by atoms with van der Waals surface area (Å²) < 4.78 is 5.78. The van der Waals surface area contributed by atoms with Crippen molar-refractivity contribution >= 4 is 27.8 Å². The lowest BCUT2D eigenvalue weighted by molar-refractivity contribution is -0.147. The van der Waals surface area contributed by atoms with E-state index in [4.69, 9.17) is 9.84 Å². The van der Waals surface area contributed by atoms with Gasteiger partial charge in [-0.15, -0.1) is 0 Å². The number of carboxylic acids is 1.